The van der Waals surface area contributed by atoms with Crippen LogP contribution in [0, 0.1) is 11.8 Å². The zero-order chi connectivity index (χ0) is 64.9. The molecule has 37 nitrogen and oxygen atoms in total. The molecule has 0 radical (unpaired) electrons. The summed E-state index contributed by atoms with van der Waals surface area (Å²) in [7, 11) is -27.8. The Labute approximate surface area is 496 Å². The van der Waals surface area contributed by atoms with Crippen molar-refractivity contribution in [3.05, 3.63) is 81.2 Å². The molecule has 0 spiro atoms. The third-order valence-electron chi connectivity index (χ3n) is 11.8. The Hall–Kier alpha value is -6.51. The van der Waals surface area contributed by atoms with Gasteiger partial charge in [0.2, 0.25) is 16.2 Å². The van der Waals surface area contributed by atoms with Gasteiger partial charge in [-0.2, -0.15) is 22.0 Å². The van der Waals surface area contributed by atoms with Crippen molar-refractivity contribution in [2.24, 2.45) is 0 Å². The minimum Gasteiger partial charge on any atom is -0.744 e. The molecule has 6 atom stereocenters. The number of ether oxygens (including phenoxy) is 6. The van der Waals surface area contributed by atoms with Crippen molar-refractivity contribution in [2.45, 2.75) is 40.8 Å². The lowest BCUT2D eigenvalue weighted by Crippen LogP contribution is -2.47. The number of nitrogen functional groups attached to an aromatic ring is 2. The number of carbonyl (C=O) groups is 3. The summed E-state index contributed by atoms with van der Waals surface area (Å²) in [6.45, 7) is 0.203. The predicted octanol–water partition coefficient (Wildman–Crippen LogP) is -3.23. The number of nitrogens with two attached hydrogens (primary N) is 3. The Morgan fingerprint density at radius 3 is 1.99 bits per heavy atom. The molecule has 0 bridgehead atoms. The minimum atomic E-state index is -5.86. The monoisotopic (exact) mass is 1340 g/mol. The zero-order valence-corrected chi connectivity index (χ0v) is 49.5. The standard InChI is InChI=1S/C46H56N7O30P3S2/c47-31-7-5-28-35(29-6-8-32(48)41(88(71,72)73)39(29)81-38(28)40(31)87(68,69)70)27-4-3-25(22-30(27)45(58)59)43(57)51-11-13-75-15-17-77-19-21-78-20-18-76-16-14-74-12-9-34(54)50-10-1-2-26-23-53(46(60)52-42(26)49)44-37(56)36(55)33(80-44)24-79-85(64,65)83-86(66,67)82-84(61,62)63/h3-8,22-23,33,36-37,44,47,55-56H,9-21,24,48H2,(H,50,54)(H,51,57)(H,58,59)(H,64,65)(H,66,67)(H2,49,52,60)(H2,61,62,63)(H,68,69,70)(H,71,72,73)/t33-,36-,37-,44-/m1/s1. The molecule has 3 heterocycles. The van der Waals surface area contributed by atoms with Crippen molar-refractivity contribution in [3.8, 4) is 34.3 Å². The van der Waals surface area contributed by atoms with E-state index in [0.29, 0.717) is 4.57 Å². The number of aliphatic hydroxyl groups is 2. The normalized spacial score (nSPS) is 17.7. The van der Waals surface area contributed by atoms with E-state index in [0.717, 1.165) is 24.4 Å². The molecule has 2 amide bonds. The van der Waals surface area contributed by atoms with E-state index in [2.05, 4.69) is 40.6 Å². The molecule has 0 saturated carbocycles. The summed E-state index contributed by atoms with van der Waals surface area (Å²) >= 11 is 0. The van der Waals surface area contributed by atoms with Crippen molar-refractivity contribution in [2.75, 3.05) is 97.2 Å². The van der Waals surface area contributed by atoms with Crippen LogP contribution in [-0.2, 0) is 80.3 Å². The SMILES string of the molecule is Nc1ccc2c(-c3ccc(C(=O)NCCOCCOCCOCCOCCOCCC(=O)NCC#Cc4cn([C@@H]5O[C@H](COP(=O)(O)OP(=O)(O)OP(=O)(O)O)[C@@H](O)[C@H]5O)c(=O)nc4N)cc3C(=O)O)c3ccc(=[NH2+])c(S(=O)(=O)O)c-3oc2c1S(=O)(=O)[O-]. The summed E-state index contributed by atoms with van der Waals surface area (Å²) in [5, 5.41) is 41.5. The molecule has 2 unspecified atom stereocenters. The number of carboxylic acid groups (broad SMARTS) is 1. The largest absolute Gasteiger partial charge is 0.744 e. The van der Waals surface area contributed by atoms with Gasteiger partial charge in [0.15, 0.2) is 17.6 Å². The van der Waals surface area contributed by atoms with Crippen LogP contribution in [0.3, 0.4) is 0 Å². The van der Waals surface area contributed by atoms with E-state index in [1.54, 1.807) is 0 Å². The van der Waals surface area contributed by atoms with Gasteiger partial charge >= 0.3 is 45.2 Å². The van der Waals surface area contributed by atoms with Crippen molar-refractivity contribution in [1.82, 2.24) is 20.2 Å². The third-order valence-corrected chi connectivity index (χ3v) is 17.5. The first-order valence-corrected chi connectivity index (χ1v) is 32.4. The van der Waals surface area contributed by atoms with Crippen molar-refractivity contribution >= 4 is 84.0 Å². The fourth-order valence-electron chi connectivity index (χ4n) is 8.08. The Bertz CT molecular complexity index is 3950. The van der Waals surface area contributed by atoms with Gasteiger partial charge in [0.25, 0.3) is 5.91 Å². The summed E-state index contributed by atoms with van der Waals surface area (Å²) in [6.07, 6.45) is -6.34. The molecule has 42 heteroatoms. The van der Waals surface area contributed by atoms with Crippen LogP contribution in [0.2, 0.25) is 0 Å². The summed E-state index contributed by atoms with van der Waals surface area (Å²) in [4.78, 5) is 88.5. The zero-order valence-electron chi connectivity index (χ0n) is 45.2. The Morgan fingerprint density at radius 1 is 0.795 bits per heavy atom. The lowest BCUT2D eigenvalue weighted by molar-refractivity contribution is -0.176. The lowest BCUT2D eigenvalue weighted by Gasteiger charge is -2.21. The first-order valence-electron chi connectivity index (χ1n) is 25.0. The number of aliphatic hydroxyl groups excluding tert-OH is 2. The van der Waals surface area contributed by atoms with Crippen molar-refractivity contribution in [1.29, 1.82) is 0 Å². The lowest BCUT2D eigenvalue weighted by atomic mass is 9.89. The fourth-order valence-corrected chi connectivity index (χ4v) is 12.6. The molecular weight excluding hydrogens is 1290 g/mol. The summed E-state index contributed by atoms with van der Waals surface area (Å²) in [6, 6.07) is 8.01. The number of fused-ring (bicyclic) bond motifs is 2. The maximum absolute atomic E-state index is 13.1. The van der Waals surface area contributed by atoms with Gasteiger partial charge < -0.3 is 94.4 Å². The maximum atomic E-state index is 13.1. The van der Waals surface area contributed by atoms with Crippen molar-refractivity contribution < 1.29 is 140 Å². The Kier molecular flexibility index (Phi) is 24.3. The van der Waals surface area contributed by atoms with Gasteiger partial charge in [-0.3, -0.25) is 28.6 Å². The number of rotatable bonds is 32. The quantitative estimate of drug-likeness (QED) is 0.00503. The van der Waals surface area contributed by atoms with E-state index < -0.39 is 136 Å². The minimum absolute atomic E-state index is 0.0161. The molecule has 482 valence electrons. The molecule has 6 rings (SSSR count). The number of phosphoric acid groups is 3. The van der Waals surface area contributed by atoms with Crippen molar-refractivity contribution in [3.63, 3.8) is 0 Å². The molecule has 2 aliphatic heterocycles. The number of aromatic nitrogens is 2. The van der Waals surface area contributed by atoms with Crippen LogP contribution in [0.1, 0.15) is 38.9 Å². The van der Waals surface area contributed by atoms with Crippen LogP contribution >= 0.6 is 23.5 Å². The Morgan fingerprint density at radius 2 is 1.40 bits per heavy atom. The smallest absolute Gasteiger partial charge is 0.490 e. The molecule has 88 heavy (non-hydrogen) atoms. The Balaban J connectivity index is 0.825. The average Bonchev–Trinajstić information content (AvgIpc) is 0.850. The summed E-state index contributed by atoms with van der Waals surface area (Å²) in [5.41, 5.74) is 7.90. The van der Waals surface area contributed by atoms with Crippen LogP contribution in [0.25, 0.3) is 33.4 Å². The highest BCUT2D eigenvalue weighted by atomic mass is 32.2. The first-order chi connectivity index (χ1) is 41.2. The second kappa shape index (κ2) is 30.3. The fraction of sp³-hybridized carbons (Fsp3) is 0.391. The number of anilines is 2. The van der Waals surface area contributed by atoms with Crippen LogP contribution in [0.5, 0.6) is 0 Å². The molecule has 1 saturated heterocycles. The number of carbonyl (C=O) groups excluding carboxylic acids is 2. The number of hydrogen-bond acceptors (Lipinski definition) is 27. The van der Waals surface area contributed by atoms with Crippen LogP contribution in [-0.4, -0.2) is 192 Å². The van der Waals surface area contributed by atoms with E-state index in [-0.39, 0.29) is 125 Å². The molecule has 16 N–H and O–H groups in total. The summed E-state index contributed by atoms with van der Waals surface area (Å²) in [5.74, 6) is 1.34. The van der Waals surface area contributed by atoms with E-state index in [4.69, 9.17) is 59.5 Å². The predicted molar refractivity (Wildman–Crippen MR) is 292 cm³/mol. The first kappa shape index (κ1) is 70.6. The number of hydrogen-bond donors (Lipinski definition) is 13. The highest BCUT2D eigenvalue weighted by molar-refractivity contribution is 7.86. The number of benzene rings is 3. The molecule has 2 aromatic carbocycles. The van der Waals surface area contributed by atoms with Crippen LogP contribution in [0.4, 0.5) is 11.5 Å². The van der Waals surface area contributed by atoms with Gasteiger partial charge in [-0.05, 0) is 35.9 Å². The van der Waals surface area contributed by atoms with E-state index >= 15 is 0 Å². The van der Waals surface area contributed by atoms with Gasteiger partial charge in [0.05, 0.1) is 96.0 Å². The molecule has 3 aromatic rings. The van der Waals surface area contributed by atoms with E-state index in [1.807, 2.05) is 0 Å². The third kappa shape index (κ3) is 19.5. The van der Waals surface area contributed by atoms with E-state index in [1.165, 1.54) is 24.3 Å². The highest BCUT2D eigenvalue weighted by Crippen LogP contribution is 2.66. The van der Waals surface area contributed by atoms with Crippen LogP contribution in [0.15, 0.2) is 67.7 Å². The second-order valence-electron chi connectivity index (χ2n) is 18.0. The number of nitrogens with one attached hydrogen (secondary N) is 2. The second-order valence-corrected chi connectivity index (χ2v) is 25.1. The number of aromatic carboxylic acids is 1. The van der Waals surface area contributed by atoms with Gasteiger partial charge in [0, 0.05) is 47.3 Å². The number of carboxylic acids is 1. The number of nitrogens with zero attached hydrogens (tertiary/aromatic N) is 2. The van der Waals surface area contributed by atoms with Gasteiger partial charge in [-0.25, -0.2) is 31.7 Å². The number of amides is 2. The van der Waals surface area contributed by atoms with Crippen LogP contribution < -0.4 is 38.6 Å². The van der Waals surface area contributed by atoms with E-state index in [9.17, 15) is 83.9 Å². The molecular formula is C46H56N7O30P3S2. The maximum Gasteiger partial charge on any atom is 0.490 e. The summed E-state index contributed by atoms with van der Waals surface area (Å²) < 4.78 is 157. The molecule has 1 aliphatic carbocycles. The topological polar surface area (TPSA) is 588 Å². The number of phosphoric ester groups is 1. The highest BCUT2D eigenvalue weighted by Gasteiger charge is 2.47. The van der Waals surface area contributed by atoms with Gasteiger partial charge in [-0.15, -0.1) is 0 Å². The average molecular weight is 1340 g/mol. The molecule has 1 aromatic heterocycles. The van der Waals surface area contributed by atoms with Gasteiger partial charge in [0.1, 0.15) is 39.1 Å². The molecule has 1 fully saturated rings. The van der Waals surface area contributed by atoms with Gasteiger partial charge in [-0.1, -0.05) is 17.9 Å². The molecule has 3 aliphatic rings.